The van der Waals surface area contributed by atoms with Crippen LogP contribution < -0.4 is 5.32 Å². The molecule has 0 heterocycles. The molecule has 74 valence electrons. The maximum Gasteiger partial charge on any atom is 0.217 e. The van der Waals surface area contributed by atoms with E-state index in [2.05, 4.69) is 11.9 Å². The summed E-state index contributed by atoms with van der Waals surface area (Å²) in [6, 6.07) is 7.16. The Hall–Kier alpha value is -1.28. The summed E-state index contributed by atoms with van der Waals surface area (Å²) >= 11 is 5.75. The van der Waals surface area contributed by atoms with Gasteiger partial charge in [-0.3, -0.25) is 4.79 Å². The summed E-state index contributed by atoms with van der Waals surface area (Å²) in [4.78, 5) is 10.9. The van der Waals surface area contributed by atoms with Crippen LogP contribution in [0.3, 0.4) is 0 Å². The van der Waals surface area contributed by atoms with Gasteiger partial charge in [-0.15, -0.1) is 6.58 Å². The van der Waals surface area contributed by atoms with E-state index in [4.69, 9.17) is 11.6 Å². The van der Waals surface area contributed by atoms with Crippen LogP contribution in [-0.2, 0) is 4.79 Å². The van der Waals surface area contributed by atoms with E-state index in [1.165, 1.54) is 6.92 Å². The molecule has 0 aliphatic heterocycles. The SMILES string of the molecule is C=CC(NC(C)=O)c1ccc(Cl)cc1. The Morgan fingerprint density at radius 2 is 2.07 bits per heavy atom. The molecule has 1 unspecified atom stereocenters. The van der Waals surface area contributed by atoms with Gasteiger partial charge in [0.25, 0.3) is 0 Å². The van der Waals surface area contributed by atoms with E-state index in [0.29, 0.717) is 5.02 Å². The monoisotopic (exact) mass is 209 g/mol. The predicted molar refractivity (Wildman–Crippen MR) is 58.2 cm³/mol. The predicted octanol–water partition coefficient (Wildman–Crippen LogP) is 2.70. The Labute approximate surface area is 88.6 Å². The normalized spacial score (nSPS) is 11.9. The summed E-state index contributed by atoms with van der Waals surface area (Å²) < 4.78 is 0. The van der Waals surface area contributed by atoms with Crippen molar-refractivity contribution < 1.29 is 4.79 Å². The molecule has 3 heteroatoms. The van der Waals surface area contributed by atoms with Gasteiger partial charge in [-0.2, -0.15) is 0 Å². The molecule has 0 radical (unpaired) electrons. The van der Waals surface area contributed by atoms with Gasteiger partial charge >= 0.3 is 0 Å². The van der Waals surface area contributed by atoms with Gasteiger partial charge in [0, 0.05) is 11.9 Å². The number of carbonyl (C=O) groups is 1. The fraction of sp³-hybridized carbons (Fsp3) is 0.182. The highest BCUT2D eigenvalue weighted by atomic mass is 35.5. The van der Waals surface area contributed by atoms with Crippen LogP contribution in [0.25, 0.3) is 0 Å². The average Bonchev–Trinajstić information content (AvgIpc) is 2.15. The minimum Gasteiger partial charge on any atom is -0.346 e. The number of rotatable bonds is 3. The first-order valence-electron chi connectivity index (χ1n) is 4.28. The molecule has 0 fully saturated rings. The quantitative estimate of drug-likeness (QED) is 0.762. The molecule has 1 N–H and O–H groups in total. The first kappa shape index (κ1) is 10.8. The number of benzene rings is 1. The van der Waals surface area contributed by atoms with E-state index in [-0.39, 0.29) is 11.9 Å². The fourth-order valence-corrected chi connectivity index (χ4v) is 1.29. The summed E-state index contributed by atoms with van der Waals surface area (Å²) in [6.07, 6.45) is 1.69. The van der Waals surface area contributed by atoms with Crippen molar-refractivity contribution in [2.45, 2.75) is 13.0 Å². The lowest BCUT2D eigenvalue weighted by atomic mass is 10.1. The number of nitrogens with one attached hydrogen (secondary N) is 1. The number of hydrogen-bond donors (Lipinski definition) is 1. The molecule has 1 atom stereocenters. The van der Waals surface area contributed by atoms with Gasteiger partial charge in [-0.1, -0.05) is 29.8 Å². The molecule has 1 aromatic rings. The first-order chi connectivity index (χ1) is 6.63. The third kappa shape index (κ3) is 2.89. The zero-order valence-electron chi connectivity index (χ0n) is 7.96. The van der Waals surface area contributed by atoms with Crippen molar-refractivity contribution in [3.63, 3.8) is 0 Å². The lowest BCUT2D eigenvalue weighted by Gasteiger charge is -2.13. The van der Waals surface area contributed by atoms with Crippen LogP contribution in [0.4, 0.5) is 0 Å². The van der Waals surface area contributed by atoms with Crippen LogP contribution in [0.5, 0.6) is 0 Å². The summed E-state index contributed by atoms with van der Waals surface area (Å²) in [5, 5.41) is 3.45. The molecule has 14 heavy (non-hydrogen) atoms. The first-order valence-corrected chi connectivity index (χ1v) is 4.66. The summed E-state index contributed by atoms with van der Waals surface area (Å²) in [7, 11) is 0. The van der Waals surface area contributed by atoms with E-state index in [1.54, 1.807) is 18.2 Å². The van der Waals surface area contributed by atoms with Crippen LogP contribution in [-0.4, -0.2) is 5.91 Å². The van der Waals surface area contributed by atoms with E-state index >= 15 is 0 Å². The Bertz CT molecular complexity index is 332. The van der Waals surface area contributed by atoms with Gasteiger partial charge in [-0.05, 0) is 17.7 Å². The smallest absolute Gasteiger partial charge is 0.217 e. The van der Waals surface area contributed by atoms with Crippen molar-refractivity contribution >= 4 is 17.5 Å². The van der Waals surface area contributed by atoms with Gasteiger partial charge in [-0.25, -0.2) is 0 Å². The van der Waals surface area contributed by atoms with Gasteiger partial charge in [0.1, 0.15) is 0 Å². The minimum absolute atomic E-state index is 0.0788. The second-order valence-electron chi connectivity index (χ2n) is 2.97. The third-order valence-electron chi connectivity index (χ3n) is 1.82. The number of halogens is 1. The standard InChI is InChI=1S/C11H12ClNO/c1-3-11(13-8(2)14)9-4-6-10(12)7-5-9/h3-7,11H,1H2,2H3,(H,13,14). The van der Waals surface area contributed by atoms with E-state index in [1.807, 2.05) is 12.1 Å². The zero-order valence-corrected chi connectivity index (χ0v) is 8.71. The molecule has 2 nitrogen and oxygen atoms in total. The van der Waals surface area contributed by atoms with Crippen molar-refractivity contribution in [3.8, 4) is 0 Å². The summed E-state index contributed by atoms with van der Waals surface area (Å²) in [5.74, 6) is -0.0788. The second-order valence-corrected chi connectivity index (χ2v) is 3.40. The molecular formula is C11H12ClNO. The van der Waals surface area contributed by atoms with Crippen molar-refractivity contribution in [3.05, 3.63) is 47.5 Å². The minimum atomic E-state index is -0.148. The average molecular weight is 210 g/mol. The lowest BCUT2D eigenvalue weighted by molar-refractivity contribution is -0.119. The maximum absolute atomic E-state index is 10.9. The fourth-order valence-electron chi connectivity index (χ4n) is 1.17. The Morgan fingerprint density at radius 3 is 2.50 bits per heavy atom. The molecular weight excluding hydrogens is 198 g/mol. The molecule has 0 aromatic heterocycles. The van der Waals surface area contributed by atoms with Crippen molar-refractivity contribution in [2.75, 3.05) is 0 Å². The summed E-state index contributed by atoms with van der Waals surface area (Å²) in [5.41, 5.74) is 0.972. The highest BCUT2D eigenvalue weighted by molar-refractivity contribution is 6.30. The van der Waals surface area contributed by atoms with Gasteiger partial charge in [0.05, 0.1) is 6.04 Å². The molecule has 0 saturated heterocycles. The van der Waals surface area contributed by atoms with Gasteiger partial charge in [0.2, 0.25) is 5.91 Å². The Balaban J connectivity index is 2.84. The van der Waals surface area contributed by atoms with Crippen LogP contribution >= 0.6 is 11.6 Å². The highest BCUT2D eigenvalue weighted by Gasteiger charge is 2.07. The highest BCUT2D eigenvalue weighted by Crippen LogP contribution is 2.16. The molecule has 0 aliphatic rings. The second kappa shape index (κ2) is 4.82. The van der Waals surface area contributed by atoms with Crippen molar-refractivity contribution in [1.29, 1.82) is 0 Å². The van der Waals surface area contributed by atoms with Crippen LogP contribution in [0.1, 0.15) is 18.5 Å². The molecule has 1 rings (SSSR count). The lowest BCUT2D eigenvalue weighted by Crippen LogP contribution is -2.24. The molecule has 0 aliphatic carbocycles. The zero-order chi connectivity index (χ0) is 10.6. The molecule has 0 saturated carbocycles. The topological polar surface area (TPSA) is 29.1 Å². The van der Waals surface area contributed by atoms with E-state index < -0.39 is 0 Å². The van der Waals surface area contributed by atoms with E-state index in [9.17, 15) is 4.79 Å². The van der Waals surface area contributed by atoms with Crippen molar-refractivity contribution in [1.82, 2.24) is 5.32 Å². The third-order valence-corrected chi connectivity index (χ3v) is 2.08. The molecule has 0 spiro atoms. The van der Waals surface area contributed by atoms with E-state index in [0.717, 1.165) is 5.56 Å². The number of carbonyl (C=O) groups excluding carboxylic acids is 1. The molecule has 1 aromatic carbocycles. The number of hydrogen-bond acceptors (Lipinski definition) is 1. The molecule has 0 bridgehead atoms. The maximum atomic E-state index is 10.9. The molecule has 1 amide bonds. The van der Waals surface area contributed by atoms with Gasteiger partial charge in [0.15, 0.2) is 0 Å². The van der Waals surface area contributed by atoms with Crippen molar-refractivity contribution in [2.24, 2.45) is 0 Å². The number of amides is 1. The van der Waals surface area contributed by atoms with Crippen LogP contribution in [0.2, 0.25) is 5.02 Å². The Kier molecular flexibility index (Phi) is 3.72. The van der Waals surface area contributed by atoms with Crippen LogP contribution in [0.15, 0.2) is 36.9 Å². The largest absolute Gasteiger partial charge is 0.346 e. The summed E-state index contributed by atoms with van der Waals surface area (Å²) in [6.45, 7) is 5.14. The van der Waals surface area contributed by atoms with Gasteiger partial charge < -0.3 is 5.32 Å². The Morgan fingerprint density at radius 1 is 1.50 bits per heavy atom. The van der Waals surface area contributed by atoms with Crippen LogP contribution in [0, 0.1) is 0 Å².